The van der Waals surface area contributed by atoms with Gasteiger partial charge in [-0.15, -0.1) is 0 Å². The first kappa shape index (κ1) is 22.4. The highest BCUT2D eigenvalue weighted by Crippen LogP contribution is 2.16. The summed E-state index contributed by atoms with van der Waals surface area (Å²) in [4.78, 5) is 11.9. The summed E-state index contributed by atoms with van der Waals surface area (Å²) in [7, 11) is -3.54. The zero-order chi connectivity index (χ0) is 19.6. The molecule has 0 saturated heterocycles. The number of ether oxygens (including phenoxy) is 2. The first-order valence-corrected chi connectivity index (χ1v) is 10.4. The second-order valence-electron chi connectivity index (χ2n) is 6.31. The lowest BCUT2D eigenvalue weighted by molar-refractivity contribution is -0.123. The number of nitrogens with one attached hydrogen (secondary N) is 2. The third kappa shape index (κ3) is 8.64. The summed E-state index contributed by atoms with van der Waals surface area (Å²) in [6, 6.07) is 5.86. The Balaban J connectivity index is 2.39. The summed E-state index contributed by atoms with van der Waals surface area (Å²) >= 11 is 0. The highest BCUT2D eigenvalue weighted by molar-refractivity contribution is 7.89. The van der Waals surface area contributed by atoms with Gasteiger partial charge in [0.2, 0.25) is 10.0 Å². The minimum atomic E-state index is -3.54. The highest BCUT2D eigenvalue weighted by atomic mass is 32.2. The summed E-state index contributed by atoms with van der Waals surface area (Å²) < 4.78 is 37.7. The van der Waals surface area contributed by atoms with E-state index in [1.54, 1.807) is 0 Å². The Bertz CT molecular complexity index is 644. The number of amides is 1. The van der Waals surface area contributed by atoms with Crippen molar-refractivity contribution in [3.8, 4) is 5.75 Å². The molecule has 1 rings (SSSR count). The van der Waals surface area contributed by atoms with Crippen LogP contribution in [-0.4, -0.2) is 46.2 Å². The molecule has 1 atom stereocenters. The molecule has 0 bridgehead atoms. The molecule has 0 fully saturated rings. The average Bonchev–Trinajstić information content (AvgIpc) is 2.59. The quantitative estimate of drug-likeness (QED) is 0.537. The summed E-state index contributed by atoms with van der Waals surface area (Å²) in [5.74, 6) is 0.204. The molecule has 26 heavy (non-hydrogen) atoms. The fourth-order valence-corrected chi connectivity index (χ4v) is 3.28. The van der Waals surface area contributed by atoms with Crippen molar-refractivity contribution in [2.45, 2.75) is 57.6 Å². The second kappa shape index (κ2) is 11.2. The number of carbonyl (C=O) groups is 1. The molecule has 1 amide bonds. The maximum absolute atomic E-state index is 12.2. The summed E-state index contributed by atoms with van der Waals surface area (Å²) in [6.45, 7) is 8.64. The maximum Gasteiger partial charge on any atom is 0.257 e. The third-order valence-corrected chi connectivity index (χ3v) is 5.17. The standard InChI is InChI=1S/C18H30N2O5S/c1-5-15(4)20-26(22,23)17-9-7-16(8-10-17)25-13-18(21)19-11-6-12-24-14(2)3/h7-10,14-15,20H,5-6,11-13H2,1-4H3,(H,19,21)/t15-/m1/s1. The molecule has 0 aliphatic carbocycles. The number of hydrogen-bond donors (Lipinski definition) is 2. The van der Waals surface area contributed by atoms with E-state index in [-0.39, 0.29) is 29.6 Å². The lowest BCUT2D eigenvalue weighted by Gasteiger charge is -2.12. The van der Waals surface area contributed by atoms with Gasteiger partial charge in [-0.05, 0) is 57.9 Å². The van der Waals surface area contributed by atoms with E-state index in [1.165, 1.54) is 24.3 Å². The molecule has 2 N–H and O–H groups in total. The Hall–Kier alpha value is -1.64. The average molecular weight is 387 g/mol. The molecule has 0 aliphatic heterocycles. The third-order valence-electron chi connectivity index (χ3n) is 3.57. The van der Waals surface area contributed by atoms with Gasteiger partial charge >= 0.3 is 0 Å². The van der Waals surface area contributed by atoms with Crippen molar-refractivity contribution >= 4 is 15.9 Å². The first-order valence-electron chi connectivity index (χ1n) is 8.88. The molecule has 0 aliphatic rings. The summed E-state index contributed by atoms with van der Waals surface area (Å²) in [5, 5.41) is 2.74. The Kier molecular flexibility index (Phi) is 9.61. The van der Waals surface area contributed by atoms with Gasteiger partial charge in [0.05, 0.1) is 11.0 Å². The minimum absolute atomic E-state index is 0.123. The van der Waals surface area contributed by atoms with Gasteiger partial charge in [0.1, 0.15) is 5.75 Å². The first-order chi connectivity index (χ1) is 12.2. The molecule has 0 heterocycles. The second-order valence-corrected chi connectivity index (χ2v) is 8.03. The lowest BCUT2D eigenvalue weighted by atomic mass is 10.3. The fraction of sp³-hybridized carbons (Fsp3) is 0.611. The van der Waals surface area contributed by atoms with Crippen LogP contribution in [0.3, 0.4) is 0 Å². The van der Waals surface area contributed by atoms with Crippen molar-refractivity contribution in [2.24, 2.45) is 0 Å². The minimum Gasteiger partial charge on any atom is -0.484 e. The largest absolute Gasteiger partial charge is 0.484 e. The van der Waals surface area contributed by atoms with Crippen LogP contribution in [0.1, 0.15) is 40.5 Å². The normalized spacial score (nSPS) is 12.8. The van der Waals surface area contributed by atoms with E-state index < -0.39 is 10.0 Å². The van der Waals surface area contributed by atoms with Gasteiger partial charge in [0.15, 0.2) is 6.61 Å². The molecule has 148 valence electrons. The van der Waals surface area contributed by atoms with Crippen LogP contribution in [0.5, 0.6) is 5.75 Å². The molecular formula is C18H30N2O5S. The number of hydrogen-bond acceptors (Lipinski definition) is 5. The van der Waals surface area contributed by atoms with Crippen LogP contribution in [0.15, 0.2) is 29.2 Å². The molecule has 0 aromatic heterocycles. The van der Waals surface area contributed by atoms with Crippen LogP contribution in [0.4, 0.5) is 0 Å². The van der Waals surface area contributed by atoms with E-state index in [2.05, 4.69) is 10.0 Å². The van der Waals surface area contributed by atoms with Gasteiger partial charge in [-0.3, -0.25) is 4.79 Å². The Morgan fingerprint density at radius 1 is 1.15 bits per heavy atom. The van der Waals surface area contributed by atoms with E-state index in [4.69, 9.17) is 9.47 Å². The molecule has 7 nitrogen and oxygen atoms in total. The van der Waals surface area contributed by atoms with Gasteiger partial charge in [-0.25, -0.2) is 13.1 Å². The van der Waals surface area contributed by atoms with Crippen LogP contribution in [0, 0.1) is 0 Å². The number of sulfonamides is 1. The molecule has 1 aromatic carbocycles. The summed E-state index contributed by atoms with van der Waals surface area (Å²) in [6.07, 6.45) is 1.62. The van der Waals surface area contributed by atoms with E-state index in [1.807, 2.05) is 27.7 Å². The SMILES string of the molecule is CC[C@@H](C)NS(=O)(=O)c1ccc(OCC(=O)NCCCOC(C)C)cc1. The van der Waals surface area contributed by atoms with Crippen LogP contribution in [0.25, 0.3) is 0 Å². The Labute approximate surface area is 156 Å². The molecule has 0 radical (unpaired) electrons. The van der Waals surface area contributed by atoms with E-state index in [0.29, 0.717) is 25.3 Å². The van der Waals surface area contributed by atoms with Crippen LogP contribution < -0.4 is 14.8 Å². The van der Waals surface area contributed by atoms with Gasteiger partial charge < -0.3 is 14.8 Å². The predicted octanol–water partition coefficient (Wildman–Crippen LogP) is 2.07. The van der Waals surface area contributed by atoms with Crippen molar-refractivity contribution in [1.82, 2.24) is 10.0 Å². The van der Waals surface area contributed by atoms with E-state index in [0.717, 1.165) is 6.42 Å². The summed E-state index contributed by atoms with van der Waals surface area (Å²) in [5.41, 5.74) is 0. The molecular weight excluding hydrogens is 356 g/mol. The fourth-order valence-electron chi connectivity index (χ4n) is 1.95. The lowest BCUT2D eigenvalue weighted by Crippen LogP contribution is -2.32. The molecule has 8 heteroatoms. The zero-order valence-electron chi connectivity index (χ0n) is 15.9. The smallest absolute Gasteiger partial charge is 0.257 e. The molecule has 0 spiro atoms. The van der Waals surface area contributed by atoms with Crippen molar-refractivity contribution in [2.75, 3.05) is 19.8 Å². The molecule has 0 unspecified atom stereocenters. The highest BCUT2D eigenvalue weighted by Gasteiger charge is 2.16. The van der Waals surface area contributed by atoms with Gasteiger partial charge in [-0.2, -0.15) is 0 Å². The van der Waals surface area contributed by atoms with Crippen LogP contribution >= 0.6 is 0 Å². The van der Waals surface area contributed by atoms with Crippen molar-refractivity contribution in [1.29, 1.82) is 0 Å². The zero-order valence-corrected chi connectivity index (χ0v) is 16.8. The number of rotatable bonds is 12. The van der Waals surface area contributed by atoms with Gasteiger partial charge in [0, 0.05) is 19.2 Å². The Morgan fingerprint density at radius 3 is 2.38 bits per heavy atom. The van der Waals surface area contributed by atoms with Crippen molar-refractivity contribution in [3.05, 3.63) is 24.3 Å². The number of carbonyl (C=O) groups excluding carboxylic acids is 1. The maximum atomic E-state index is 12.2. The van der Waals surface area contributed by atoms with Gasteiger partial charge in [0.25, 0.3) is 5.91 Å². The van der Waals surface area contributed by atoms with Crippen molar-refractivity contribution < 1.29 is 22.7 Å². The number of benzene rings is 1. The molecule has 1 aromatic rings. The van der Waals surface area contributed by atoms with Crippen LogP contribution in [-0.2, 0) is 19.6 Å². The van der Waals surface area contributed by atoms with Crippen molar-refractivity contribution in [3.63, 3.8) is 0 Å². The Morgan fingerprint density at radius 2 is 1.81 bits per heavy atom. The topological polar surface area (TPSA) is 93.7 Å². The van der Waals surface area contributed by atoms with Gasteiger partial charge in [-0.1, -0.05) is 6.92 Å². The van der Waals surface area contributed by atoms with Crippen LogP contribution in [0.2, 0.25) is 0 Å². The molecule has 0 saturated carbocycles. The van der Waals surface area contributed by atoms with E-state index in [9.17, 15) is 13.2 Å². The predicted molar refractivity (Wildman–Crippen MR) is 101 cm³/mol. The van der Waals surface area contributed by atoms with E-state index >= 15 is 0 Å². The monoisotopic (exact) mass is 386 g/mol.